The fraction of sp³-hybridized carbons (Fsp3) is 0.625. The zero-order chi connectivity index (χ0) is 12.7. The van der Waals surface area contributed by atoms with E-state index in [1.807, 2.05) is 5.32 Å². The minimum absolute atomic E-state index is 0.0678. The first-order valence-electron chi connectivity index (χ1n) is 4.56. The lowest BCUT2D eigenvalue weighted by molar-refractivity contribution is -0.139. The number of nitrogens with two attached hydrogens (primary N) is 1. The van der Waals surface area contributed by atoms with Gasteiger partial charge in [0.1, 0.15) is 6.04 Å². The minimum atomic E-state index is -1.64. The first-order valence-corrected chi connectivity index (χ1v) is 4.56. The van der Waals surface area contributed by atoms with Crippen LogP contribution in [0.15, 0.2) is 0 Å². The molecule has 0 spiro atoms. The number of carboxylic acid groups (broad SMARTS) is 1. The van der Waals surface area contributed by atoms with Gasteiger partial charge in [-0.25, -0.2) is 0 Å². The molecule has 0 saturated heterocycles. The van der Waals surface area contributed by atoms with E-state index in [2.05, 4.69) is 5.32 Å². The van der Waals surface area contributed by atoms with Gasteiger partial charge in [-0.1, -0.05) is 0 Å². The summed E-state index contributed by atoms with van der Waals surface area (Å²) in [5.74, 6) is -2.61. The van der Waals surface area contributed by atoms with Crippen LogP contribution in [-0.2, 0) is 14.4 Å². The summed E-state index contributed by atoms with van der Waals surface area (Å²) in [6, 6.07) is -1.14. The number of aliphatic carboxylic acids is 1. The van der Waals surface area contributed by atoms with Crippen LogP contribution in [-0.4, -0.2) is 47.3 Å². The highest BCUT2D eigenvalue weighted by Gasteiger charge is 2.18. The maximum Gasteiger partial charge on any atom is 0.320 e. The molecule has 0 aromatic carbocycles. The Morgan fingerprint density at radius 3 is 2.38 bits per heavy atom. The number of rotatable bonds is 6. The number of hydrogen-bond donors (Lipinski definition) is 5. The number of nitrogens with one attached hydrogen (secondary N) is 2. The molecule has 0 aliphatic carbocycles. The van der Waals surface area contributed by atoms with Gasteiger partial charge in [-0.15, -0.1) is 0 Å². The minimum Gasteiger partial charge on any atom is -0.480 e. The van der Waals surface area contributed by atoms with E-state index < -0.39 is 30.1 Å². The lowest BCUT2D eigenvalue weighted by Crippen LogP contribution is -2.45. The second-order valence-electron chi connectivity index (χ2n) is 3.07. The number of amides is 2. The SMILES string of the molecule is CNC(=O)[C@@H](O)NC(=O)CC[C@H](N)C(=O)O. The number of likely N-dealkylation sites (N-methyl/N-ethyl adjacent to an activating group) is 1. The van der Waals surface area contributed by atoms with Crippen molar-refractivity contribution in [1.82, 2.24) is 10.6 Å². The third kappa shape index (κ3) is 5.27. The van der Waals surface area contributed by atoms with Gasteiger partial charge >= 0.3 is 5.97 Å². The fourth-order valence-electron chi connectivity index (χ4n) is 0.837. The molecule has 0 heterocycles. The largest absolute Gasteiger partial charge is 0.480 e. The summed E-state index contributed by atoms with van der Waals surface area (Å²) in [5.41, 5.74) is 5.16. The molecule has 92 valence electrons. The predicted molar refractivity (Wildman–Crippen MR) is 53.1 cm³/mol. The molecule has 0 bridgehead atoms. The zero-order valence-electron chi connectivity index (χ0n) is 8.77. The van der Waals surface area contributed by atoms with Gasteiger partial charge in [0.25, 0.3) is 5.91 Å². The Morgan fingerprint density at radius 2 is 1.94 bits per heavy atom. The van der Waals surface area contributed by atoms with Crippen LogP contribution < -0.4 is 16.4 Å². The van der Waals surface area contributed by atoms with E-state index >= 15 is 0 Å². The summed E-state index contributed by atoms with van der Waals surface area (Å²) in [6.45, 7) is 0. The molecule has 0 radical (unpaired) electrons. The monoisotopic (exact) mass is 233 g/mol. The van der Waals surface area contributed by atoms with Crippen LogP contribution in [0.3, 0.4) is 0 Å². The van der Waals surface area contributed by atoms with Gasteiger partial charge in [-0.3, -0.25) is 14.4 Å². The molecule has 0 aromatic heterocycles. The highest BCUT2D eigenvalue weighted by molar-refractivity contribution is 5.86. The third-order valence-electron chi connectivity index (χ3n) is 1.79. The van der Waals surface area contributed by atoms with Gasteiger partial charge in [0.2, 0.25) is 12.1 Å². The van der Waals surface area contributed by atoms with Crippen LogP contribution >= 0.6 is 0 Å². The molecule has 8 heteroatoms. The van der Waals surface area contributed by atoms with Crippen molar-refractivity contribution >= 4 is 17.8 Å². The number of hydrogen-bond acceptors (Lipinski definition) is 5. The van der Waals surface area contributed by atoms with Gasteiger partial charge in [-0.2, -0.15) is 0 Å². The average Bonchev–Trinajstić information content (AvgIpc) is 2.24. The van der Waals surface area contributed by atoms with Crippen LogP contribution in [0.5, 0.6) is 0 Å². The van der Waals surface area contributed by atoms with E-state index in [1.54, 1.807) is 0 Å². The summed E-state index contributed by atoms with van der Waals surface area (Å²) in [5, 5.41) is 21.6. The van der Waals surface area contributed by atoms with E-state index in [-0.39, 0.29) is 12.8 Å². The molecule has 0 aliphatic rings. The van der Waals surface area contributed by atoms with Crippen molar-refractivity contribution in [3.05, 3.63) is 0 Å². The van der Waals surface area contributed by atoms with Gasteiger partial charge in [0, 0.05) is 13.5 Å². The maximum atomic E-state index is 11.1. The first-order chi connectivity index (χ1) is 7.38. The Bertz CT molecular complexity index is 281. The number of aliphatic hydroxyl groups excluding tert-OH is 1. The quantitative estimate of drug-likeness (QED) is 0.317. The molecule has 2 atom stereocenters. The molecule has 2 amide bonds. The van der Waals surface area contributed by atoms with Crippen LogP contribution in [0.25, 0.3) is 0 Å². The second kappa shape index (κ2) is 6.75. The van der Waals surface area contributed by atoms with Crippen molar-refractivity contribution < 1.29 is 24.6 Å². The lowest BCUT2D eigenvalue weighted by Gasteiger charge is -2.11. The van der Waals surface area contributed by atoms with Gasteiger partial charge in [0.15, 0.2) is 0 Å². The van der Waals surface area contributed by atoms with Gasteiger partial charge in [-0.05, 0) is 6.42 Å². The topological polar surface area (TPSA) is 142 Å². The zero-order valence-corrected chi connectivity index (χ0v) is 8.77. The molecule has 6 N–H and O–H groups in total. The molecular weight excluding hydrogens is 218 g/mol. The van der Waals surface area contributed by atoms with Crippen molar-refractivity contribution in [2.24, 2.45) is 5.73 Å². The molecule has 0 fully saturated rings. The van der Waals surface area contributed by atoms with Crippen molar-refractivity contribution in [2.45, 2.75) is 25.1 Å². The van der Waals surface area contributed by atoms with E-state index in [4.69, 9.17) is 15.9 Å². The van der Waals surface area contributed by atoms with Crippen LogP contribution in [0.4, 0.5) is 0 Å². The van der Waals surface area contributed by atoms with Crippen molar-refractivity contribution in [1.29, 1.82) is 0 Å². The molecule has 8 nitrogen and oxygen atoms in total. The fourth-order valence-corrected chi connectivity index (χ4v) is 0.837. The Balaban J connectivity index is 3.91. The highest BCUT2D eigenvalue weighted by atomic mass is 16.4. The Morgan fingerprint density at radius 1 is 1.38 bits per heavy atom. The molecule has 0 rings (SSSR count). The summed E-state index contributed by atoms with van der Waals surface area (Å²) < 4.78 is 0. The van der Waals surface area contributed by atoms with Gasteiger partial charge < -0.3 is 26.6 Å². The molecule has 0 aliphatic heterocycles. The summed E-state index contributed by atoms with van der Waals surface area (Å²) in [6.07, 6.45) is -1.89. The Kier molecular flexibility index (Phi) is 6.04. The van der Waals surface area contributed by atoms with Crippen LogP contribution in [0, 0.1) is 0 Å². The number of carboxylic acids is 1. The van der Waals surface area contributed by atoms with E-state index in [0.717, 1.165) is 0 Å². The summed E-state index contributed by atoms with van der Waals surface area (Å²) >= 11 is 0. The third-order valence-corrected chi connectivity index (χ3v) is 1.79. The standard InChI is InChI=1S/C8H15N3O5/c1-10-6(13)7(14)11-5(12)3-2-4(9)8(15)16/h4,7,14H,2-3,9H2,1H3,(H,10,13)(H,11,12)(H,15,16)/t4-,7+/m0/s1. The summed E-state index contributed by atoms with van der Waals surface area (Å²) in [7, 11) is 1.30. The van der Waals surface area contributed by atoms with Crippen molar-refractivity contribution in [3.8, 4) is 0 Å². The Labute approximate surface area is 91.8 Å². The van der Waals surface area contributed by atoms with Crippen molar-refractivity contribution in [3.63, 3.8) is 0 Å². The number of carbonyl (C=O) groups is 3. The molecule has 0 unspecified atom stereocenters. The number of carbonyl (C=O) groups excluding carboxylic acids is 2. The van der Waals surface area contributed by atoms with E-state index in [0.29, 0.717) is 0 Å². The molecule has 0 aromatic rings. The van der Waals surface area contributed by atoms with E-state index in [1.165, 1.54) is 7.05 Å². The first kappa shape index (κ1) is 14.3. The number of aliphatic hydroxyl groups is 1. The normalized spacial score (nSPS) is 13.7. The predicted octanol–water partition coefficient (Wildman–Crippen LogP) is -2.64. The lowest BCUT2D eigenvalue weighted by atomic mass is 10.1. The maximum absolute atomic E-state index is 11.1. The highest BCUT2D eigenvalue weighted by Crippen LogP contribution is 1.95. The molecular formula is C8H15N3O5. The second-order valence-corrected chi connectivity index (χ2v) is 3.07. The smallest absolute Gasteiger partial charge is 0.320 e. The Hall–Kier alpha value is -1.67. The van der Waals surface area contributed by atoms with Crippen molar-refractivity contribution in [2.75, 3.05) is 7.05 Å². The van der Waals surface area contributed by atoms with E-state index in [9.17, 15) is 14.4 Å². The summed E-state index contributed by atoms with van der Waals surface area (Å²) in [4.78, 5) is 32.2. The molecule has 0 saturated carbocycles. The van der Waals surface area contributed by atoms with Gasteiger partial charge in [0.05, 0.1) is 0 Å². The molecule has 16 heavy (non-hydrogen) atoms. The van der Waals surface area contributed by atoms with Crippen LogP contribution in [0.1, 0.15) is 12.8 Å². The van der Waals surface area contributed by atoms with Crippen LogP contribution in [0.2, 0.25) is 0 Å². The average molecular weight is 233 g/mol.